The number of carboxylic acids is 1. The molecule has 3 rings (SSSR count). The highest BCUT2D eigenvalue weighted by molar-refractivity contribution is 5.85. The van der Waals surface area contributed by atoms with E-state index in [0.717, 1.165) is 19.3 Å². The van der Waals surface area contributed by atoms with Gasteiger partial charge in [0.2, 0.25) is 5.91 Å². The highest BCUT2D eigenvalue weighted by Crippen LogP contribution is 2.42. The number of hydrogen-bond donors (Lipinski definition) is 2. The topological polar surface area (TPSA) is 113 Å². The molecule has 0 radical (unpaired) electrons. The van der Waals surface area contributed by atoms with Crippen LogP contribution in [0.1, 0.15) is 25.7 Å². The Kier molecular flexibility index (Phi) is 4.87. The van der Waals surface area contributed by atoms with Crippen molar-refractivity contribution in [2.75, 3.05) is 18.4 Å². The van der Waals surface area contributed by atoms with Gasteiger partial charge in [-0.1, -0.05) is 18.6 Å². The number of nitrogens with one attached hydrogen (secondary N) is 1. The first-order chi connectivity index (χ1) is 12.0. The van der Waals surface area contributed by atoms with Crippen molar-refractivity contribution < 1.29 is 19.6 Å². The van der Waals surface area contributed by atoms with Gasteiger partial charge in [0.05, 0.1) is 4.92 Å². The van der Waals surface area contributed by atoms with Gasteiger partial charge in [-0.25, -0.2) is 4.79 Å². The minimum absolute atomic E-state index is 0.0472. The summed E-state index contributed by atoms with van der Waals surface area (Å²) in [5.74, 6) is -0.805. The number of hydrogen-bond acceptors (Lipinski definition) is 5. The first-order valence-electron chi connectivity index (χ1n) is 8.48. The summed E-state index contributed by atoms with van der Waals surface area (Å²) < 4.78 is 0. The fraction of sp³-hybridized carbons (Fsp3) is 0.529. The molecule has 8 heteroatoms. The maximum Gasteiger partial charge on any atom is 0.326 e. The van der Waals surface area contributed by atoms with Crippen molar-refractivity contribution >= 4 is 23.3 Å². The lowest BCUT2D eigenvalue weighted by Crippen LogP contribution is -2.43. The number of nitrogens with zero attached hydrogens (tertiary/aromatic N) is 2. The molecular formula is C17H21N3O5. The molecule has 1 saturated heterocycles. The lowest BCUT2D eigenvalue weighted by atomic mass is 9.94. The predicted molar refractivity (Wildman–Crippen MR) is 90.2 cm³/mol. The van der Waals surface area contributed by atoms with Crippen molar-refractivity contribution in [2.24, 2.45) is 11.8 Å². The molecule has 1 amide bonds. The van der Waals surface area contributed by atoms with E-state index in [0.29, 0.717) is 12.2 Å². The average molecular weight is 347 g/mol. The van der Waals surface area contributed by atoms with Gasteiger partial charge >= 0.3 is 5.97 Å². The molecule has 134 valence electrons. The van der Waals surface area contributed by atoms with E-state index in [9.17, 15) is 24.8 Å². The molecule has 1 aliphatic heterocycles. The van der Waals surface area contributed by atoms with Crippen LogP contribution in [0.5, 0.6) is 0 Å². The number of fused-ring (bicyclic) bond motifs is 1. The average Bonchev–Trinajstić information content (AvgIpc) is 3.15. The number of rotatable bonds is 6. The highest BCUT2D eigenvalue weighted by Gasteiger charge is 2.49. The van der Waals surface area contributed by atoms with Crippen molar-refractivity contribution in [1.82, 2.24) is 4.90 Å². The molecule has 2 aliphatic rings. The monoisotopic (exact) mass is 347 g/mol. The van der Waals surface area contributed by atoms with Crippen molar-refractivity contribution in [3.63, 3.8) is 0 Å². The van der Waals surface area contributed by atoms with Gasteiger partial charge in [0, 0.05) is 25.6 Å². The summed E-state index contributed by atoms with van der Waals surface area (Å²) in [6, 6.07) is 5.51. The maximum atomic E-state index is 12.5. The number of nitro groups is 1. The Morgan fingerprint density at radius 3 is 2.80 bits per heavy atom. The molecular weight excluding hydrogens is 326 g/mol. The number of para-hydroxylation sites is 2. The Bertz CT molecular complexity index is 693. The van der Waals surface area contributed by atoms with Crippen molar-refractivity contribution in [2.45, 2.75) is 31.7 Å². The zero-order chi connectivity index (χ0) is 18.0. The summed E-state index contributed by atoms with van der Waals surface area (Å²) in [6.45, 7) is 0.730. The number of carbonyl (C=O) groups is 2. The smallest absolute Gasteiger partial charge is 0.326 e. The van der Waals surface area contributed by atoms with Crippen LogP contribution in [0.15, 0.2) is 24.3 Å². The molecule has 8 nitrogen and oxygen atoms in total. The number of anilines is 1. The van der Waals surface area contributed by atoms with E-state index >= 15 is 0 Å². The molecule has 25 heavy (non-hydrogen) atoms. The van der Waals surface area contributed by atoms with Gasteiger partial charge < -0.3 is 15.3 Å². The zero-order valence-corrected chi connectivity index (χ0v) is 13.8. The number of carboxylic acid groups (broad SMARTS) is 1. The summed E-state index contributed by atoms with van der Waals surface area (Å²) in [5.41, 5.74) is 0.308. The molecule has 0 bridgehead atoms. The summed E-state index contributed by atoms with van der Waals surface area (Å²) in [7, 11) is 0. The van der Waals surface area contributed by atoms with Crippen LogP contribution >= 0.6 is 0 Å². The third-order valence-electron chi connectivity index (χ3n) is 5.22. The number of likely N-dealkylation sites (tertiary alicyclic amines) is 1. The van der Waals surface area contributed by atoms with E-state index < -0.39 is 16.9 Å². The van der Waals surface area contributed by atoms with E-state index in [2.05, 4.69) is 5.32 Å². The Labute approximate surface area is 145 Å². The molecule has 3 atom stereocenters. The summed E-state index contributed by atoms with van der Waals surface area (Å²) in [5, 5.41) is 23.4. The van der Waals surface area contributed by atoms with Gasteiger partial charge in [-0.2, -0.15) is 0 Å². The summed E-state index contributed by atoms with van der Waals surface area (Å²) in [6.07, 6.45) is 2.97. The van der Waals surface area contributed by atoms with E-state index in [-0.39, 0.29) is 36.4 Å². The largest absolute Gasteiger partial charge is 0.480 e. The SMILES string of the molecule is O=C(O)C1C2CCCC2CN1C(=O)CCNc1ccccc1[N+](=O)[O-]. The van der Waals surface area contributed by atoms with Crippen LogP contribution in [0.4, 0.5) is 11.4 Å². The zero-order valence-electron chi connectivity index (χ0n) is 13.8. The van der Waals surface area contributed by atoms with Crippen molar-refractivity contribution in [3.05, 3.63) is 34.4 Å². The lowest BCUT2D eigenvalue weighted by Gasteiger charge is -2.24. The molecule has 3 unspecified atom stereocenters. The highest BCUT2D eigenvalue weighted by atomic mass is 16.6. The first-order valence-corrected chi connectivity index (χ1v) is 8.48. The number of benzene rings is 1. The Morgan fingerprint density at radius 1 is 1.32 bits per heavy atom. The minimum Gasteiger partial charge on any atom is -0.480 e. The van der Waals surface area contributed by atoms with Crippen LogP contribution < -0.4 is 5.32 Å². The van der Waals surface area contributed by atoms with Crippen molar-refractivity contribution in [3.8, 4) is 0 Å². The summed E-state index contributed by atoms with van der Waals surface area (Å²) >= 11 is 0. The van der Waals surface area contributed by atoms with Gasteiger partial charge in [0.1, 0.15) is 11.7 Å². The van der Waals surface area contributed by atoms with Gasteiger partial charge in [0.25, 0.3) is 5.69 Å². The maximum absolute atomic E-state index is 12.5. The number of aliphatic carboxylic acids is 1. The third-order valence-corrected chi connectivity index (χ3v) is 5.22. The Hall–Kier alpha value is -2.64. The van der Waals surface area contributed by atoms with Crippen LogP contribution in [0.25, 0.3) is 0 Å². The van der Waals surface area contributed by atoms with Gasteiger partial charge in [-0.05, 0) is 30.7 Å². The normalized spacial score (nSPS) is 24.8. The van der Waals surface area contributed by atoms with Crippen LogP contribution in [-0.4, -0.2) is 45.9 Å². The lowest BCUT2D eigenvalue weighted by molar-refractivity contribution is -0.384. The molecule has 1 saturated carbocycles. The molecule has 0 spiro atoms. The molecule has 2 fully saturated rings. The number of carbonyl (C=O) groups excluding carboxylic acids is 1. The van der Waals surface area contributed by atoms with Crippen LogP contribution in [0.3, 0.4) is 0 Å². The minimum atomic E-state index is -0.936. The van der Waals surface area contributed by atoms with Gasteiger partial charge in [0.15, 0.2) is 0 Å². The second-order valence-corrected chi connectivity index (χ2v) is 6.64. The van der Waals surface area contributed by atoms with Gasteiger partial charge in [-0.3, -0.25) is 14.9 Å². The predicted octanol–water partition coefficient (Wildman–Crippen LogP) is 2.11. The molecule has 1 heterocycles. The molecule has 1 aromatic carbocycles. The van der Waals surface area contributed by atoms with Crippen LogP contribution in [0.2, 0.25) is 0 Å². The van der Waals surface area contributed by atoms with E-state index in [1.807, 2.05) is 0 Å². The Balaban J connectivity index is 1.60. The van der Waals surface area contributed by atoms with E-state index in [1.54, 1.807) is 18.2 Å². The second kappa shape index (κ2) is 7.08. The molecule has 2 N–H and O–H groups in total. The van der Waals surface area contributed by atoms with Crippen LogP contribution in [-0.2, 0) is 9.59 Å². The fourth-order valence-corrected chi connectivity index (χ4v) is 4.11. The third kappa shape index (κ3) is 3.42. The number of nitro benzene ring substituents is 1. The number of amides is 1. The van der Waals surface area contributed by atoms with Crippen LogP contribution in [0, 0.1) is 22.0 Å². The molecule has 0 aromatic heterocycles. The Morgan fingerprint density at radius 2 is 2.08 bits per heavy atom. The van der Waals surface area contributed by atoms with Crippen molar-refractivity contribution in [1.29, 1.82) is 0 Å². The fourth-order valence-electron chi connectivity index (χ4n) is 4.11. The second-order valence-electron chi connectivity index (χ2n) is 6.64. The quantitative estimate of drug-likeness (QED) is 0.602. The van der Waals surface area contributed by atoms with E-state index in [1.165, 1.54) is 11.0 Å². The van der Waals surface area contributed by atoms with E-state index in [4.69, 9.17) is 0 Å². The standard InChI is InChI=1S/C17H21N3O5/c21-15(8-9-18-13-6-1-2-7-14(13)20(24)25)19-10-11-4-3-5-12(11)16(19)17(22)23/h1-2,6-7,11-12,16,18H,3-5,8-10H2,(H,22,23). The first kappa shape index (κ1) is 17.2. The van der Waals surface area contributed by atoms with Gasteiger partial charge in [-0.15, -0.1) is 0 Å². The molecule has 1 aliphatic carbocycles. The summed E-state index contributed by atoms with van der Waals surface area (Å²) in [4.78, 5) is 36.1. The molecule has 1 aromatic rings.